The van der Waals surface area contributed by atoms with E-state index in [1.807, 2.05) is 24.3 Å². The summed E-state index contributed by atoms with van der Waals surface area (Å²) in [7, 11) is 0. The summed E-state index contributed by atoms with van der Waals surface area (Å²) < 4.78 is 0. The third-order valence-corrected chi connectivity index (χ3v) is 3.14. The van der Waals surface area contributed by atoms with Gasteiger partial charge in [0.05, 0.1) is 6.10 Å². The van der Waals surface area contributed by atoms with Gasteiger partial charge in [0.15, 0.2) is 0 Å². The molecule has 0 aliphatic carbocycles. The van der Waals surface area contributed by atoms with Gasteiger partial charge in [0, 0.05) is 5.97 Å². The second kappa shape index (κ2) is 19.3. The maximum Gasteiger partial charge on any atom is 1.00 e. The van der Waals surface area contributed by atoms with Crippen LogP contribution in [0.1, 0.15) is 64.7 Å². The molecule has 0 saturated carbocycles. The molecule has 0 spiro atoms. The van der Waals surface area contributed by atoms with Crippen molar-refractivity contribution in [2.45, 2.75) is 70.8 Å². The van der Waals surface area contributed by atoms with Crippen LogP contribution < -0.4 is 56.5 Å². The molecule has 0 radical (unpaired) electrons. The van der Waals surface area contributed by atoms with Gasteiger partial charge in [-0.1, -0.05) is 69.1 Å². The standard InChI is InChI=1S/C18H30O3.K/c1-2-14-17(19)15-12-10-8-6-4-3-5-7-9-11-13-16-18(20)21;/h4,6,8,10,12,15,17,19H,2-3,5,7,9,11,13-14,16H2,1H3,(H,20,21);/q;+1/p-1/b6-4+,10-8+,15-12+;. The summed E-state index contributed by atoms with van der Waals surface area (Å²) in [6.45, 7) is 2.05. The first-order valence-corrected chi connectivity index (χ1v) is 8.04. The summed E-state index contributed by atoms with van der Waals surface area (Å²) in [5, 5.41) is 19.7. The molecule has 0 rings (SSSR count). The van der Waals surface area contributed by atoms with Crippen molar-refractivity contribution < 1.29 is 66.4 Å². The number of carboxylic acid groups (broad SMARTS) is 1. The second-order valence-corrected chi connectivity index (χ2v) is 5.23. The van der Waals surface area contributed by atoms with Crippen LogP contribution in [0.25, 0.3) is 0 Å². The summed E-state index contributed by atoms with van der Waals surface area (Å²) in [5.74, 6) is -0.944. The number of carbonyl (C=O) groups excluding carboxylic acids is 1. The Morgan fingerprint density at radius 3 is 2.36 bits per heavy atom. The minimum atomic E-state index is -0.944. The predicted molar refractivity (Wildman–Crippen MR) is 85.7 cm³/mol. The van der Waals surface area contributed by atoms with E-state index in [9.17, 15) is 15.0 Å². The molecule has 0 aromatic rings. The Hall–Kier alpha value is 0.286. The van der Waals surface area contributed by atoms with Gasteiger partial charge in [0.2, 0.25) is 0 Å². The van der Waals surface area contributed by atoms with Gasteiger partial charge in [-0.05, 0) is 32.1 Å². The van der Waals surface area contributed by atoms with Gasteiger partial charge < -0.3 is 15.0 Å². The normalized spacial score (nSPS) is 13.0. The van der Waals surface area contributed by atoms with Crippen molar-refractivity contribution in [2.24, 2.45) is 0 Å². The van der Waals surface area contributed by atoms with Crippen LogP contribution in [0.3, 0.4) is 0 Å². The van der Waals surface area contributed by atoms with Gasteiger partial charge in [-0.2, -0.15) is 0 Å². The molecule has 0 aliphatic rings. The van der Waals surface area contributed by atoms with Crippen LogP contribution in [0.2, 0.25) is 0 Å². The number of aliphatic carboxylic acids is 1. The maximum atomic E-state index is 10.2. The third-order valence-electron chi connectivity index (χ3n) is 3.14. The average molecular weight is 333 g/mol. The predicted octanol–water partition coefficient (Wildman–Crippen LogP) is 0.301. The monoisotopic (exact) mass is 332 g/mol. The number of aliphatic hydroxyl groups is 1. The molecule has 3 nitrogen and oxygen atoms in total. The fraction of sp³-hybridized carbons (Fsp3) is 0.611. The Kier molecular flexibility index (Phi) is 21.6. The number of carboxylic acids is 1. The van der Waals surface area contributed by atoms with E-state index in [-0.39, 0.29) is 63.9 Å². The number of carbonyl (C=O) groups is 1. The third kappa shape index (κ3) is 20.3. The van der Waals surface area contributed by atoms with Gasteiger partial charge in [0.25, 0.3) is 0 Å². The van der Waals surface area contributed by atoms with Gasteiger partial charge in [-0.3, -0.25) is 0 Å². The zero-order chi connectivity index (χ0) is 15.8. The van der Waals surface area contributed by atoms with Gasteiger partial charge >= 0.3 is 51.4 Å². The molecule has 0 saturated heterocycles. The van der Waals surface area contributed by atoms with Crippen LogP contribution in [0, 0.1) is 0 Å². The zero-order valence-electron chi connectivity index (χ0n) is 14.2. The van der Waals surface area contributed by atoms with Crippen molar-refractivity contribution in [3.63, 3.8) is 0 Å². The number of allylic oxidation sites excluding steroid dienone is 5. The molecule has 0 aromatic carbocycles. The summed E-state index contributed by atoms with van der Waals surface area (Å²) in [5.41, 5.74) is 0. The maximum absolute atomic E-state index is 10.2. The Labute approximate surface area is 178 Å². The number of rotatable bonds is 13. The summed E-state index contributed by atoms with van der Waals surface area (Å²) >= 11 is 0. The molecule has 120 valence electrons. The molecule has 4 heteroatoms. The van der Waals surface area contributed by atoms with Crippen LogP contribution >= 0.6 is 0 Å². The molecule has 0 aromatic heterocycles. The van der Waals surface area contributed by atoms with Crippen LogP contribution in [0.5, 0.6) is 0 Å². The van der Waals surface area contributed by atoms with Gasteiger partial charge in [-0.15, -0.1) is 0 Å². The quantitative estimate of drug-likeness (QED) is 0.300. The first-order valence-electron chi connectivity index (χ1n) is 8.04. The molecule has 0 bridgehead atoms. The van der Waals surface area contributed by atoms with Crippen LogP contribution in [0.4, 0.5) is 0 Å². The molecule has 1 unspecified atom stereocenters. The van der Waals surface area contributed by atoms with Crippen LogP contribution in [-0.2, 0) is 4.79 Å². The van der Waals surface area contributed by atoms with Crippen molar-refractivity contribution >= 4 is 5.97 Å². The molecule has 0 aliphatic heterocycles. The second-order valence-electron chi connectivity index (χ2n) is 5.23. The van der Waals surface area contributed by atoms with E-state index in [4.69, 9.17) is 0 Å². The van der Waals surface area contributed by atoms with E-state index >= 15 is 0 Å². The minimum absolute atomic E-state index is 0. The topological polar surface area (TPSA) is 60.4 Å². The van der Waals surface area contributed by atoms with E-state index in [1.165, 1.54) is 0 Å². The number of hydrogen-bond acceptors (Lipinski definition) is 3. The molecular formula is C18H29KO3. The Bertz CT molecular complexity index is 335. The van der Waals surface area contributed by atoms with Crippen molar-refractivity contribution in [2.75, 3.05) is 0 Å². The molecule has 1 N–H and O–H groups in total. The molecule has 0 amide bonds. The summed E-state index contributed by atoms with van der Waals surface area (Å²) in [6, 6.07) is 0. The molecule has 22 heavy (non-hydrogen) atoms. The smallest absolute Gasteiger partial charge is 0.550 e. The van der Waals surface area contributed by atoms with E-state index in [2.05, 4.69) is 13.0 Å². The minimum Gasteiger partial charge on any atom is -0.550 e. The molecule has 1 atom stereocenters. The number of aliphatic hydroxyl groups excluding tert-OH is 1. The Morgan fingerprint density at radius 1 is 1.05 bits per heavy atom. The molecule has 0 heterocycles. The van der Waals surface area contributed by atoms with Crippen LogP contribution in [0.15, 0.2) is 36.5 Å². The summed E-state index contributed by atoms with van der Waals surface area (Å²) in [4.78, 5) is 10.2. The first kappa shape index (κ1) is 24.5. The molecule has 0 fully saturated rings. The van der Waals surface area contributed by atoms with Crippen molar-refractivity contribution in [1.82, 2.24) is 0 Å². The largest absolute Gasteiger partial charge is 1.00 e. The van der Waals surface area contributed by atoms with Crippen molar-refractivity contribution in [1.29, 1.82) is 0 Å². The van der Waals surface area contributed by atoms with Gasteiger partial charge in [-0.25, -0.2) is 0 Å². The number of hydrogen-bond donors (Lipinski definition) is 1. The van der Waals surface area contributed by atoms with E-state index in [0.29, 0.717) is 0 Å². The molecular weight excluding hydrogens is 303 g/mol. The fourth-order valence-corrected chi connectivity index (χ4v) is 1.95. The van der Waals surface area contributed by atoms with Crippen molar-refractivity contribution in [3.8, 4) is 0 Å². The number of unbranched alkanes of at least 4 members (excludes halogenated alkanes) is 5. The fourth-order valence-electron chi connectivity index (χ4n) is 1.95. The average Bonchev–Trinajstić information content (AvgIpc) is 2.44. The van der Waals surface area contributed by atoms with Crippen LogP contribution in [-0.4, -0.2) is 17.2 Å². The summed E-state index contributed by atoms with van der Waals surface area (Å²) in [6.07, 6.45) is 19.5. The Balaban J connectivity index is 0. The van der Waals surface area contributed by atoms with Gasteiger partial charge in [0.1, 0.15) is 0 Å². The zero-order valence-corrected chi connectivity index (χ0v) is 17.3. The SMILES string of the molecule is CCCC(O)/C=C/C=C/C=C/CCCCCCCC(=O)[O-].[K+]. The van der Waals surface area contributed by atoms with E-state index < -0.39 is 5.97 Å². The Morgan fingerprint density at radius 2 is 1.68 bits per heavy atom. The van der Waals surface area contributed by atoms with Crippen molar-refractivity contribution in [3.05, 3.63) is 36.5 Å². The van der Waals surface area contributed by atoms with E-state index in [1.54, 1.807) is 6.08 Å². The van der Waals surface area contributed by atoms with E-state index in [0.717, 1.165) is 51.4 Å². The first-order chi connectivity index (χ1) is 10.2.